The molecule has 7 nitrogen and oxygen atoms in total. The molecule has 1 amide bonds. The molecular formula is C29H28N4O3S2. The molecule has 38 heavy (non-hydrogen) atoms. The Morgan fingerprint density at radius 1 is 0.868 bits per heavy atom. The van der Waals surface area contributed by atoms with Gasteiger partial charge in [0.05, 0.1) is 10.6 Å². The molecule has 0 saturated heterocycles. The molecule has 2 aliphatic rings. The zero-order valence-electron chi connectivity index (χ0n) is 20.8. The monoisotopic (exact) mass is 544 g/mol. The molecule has 2 aliphatic heterocycles. The minimum Gasteiger partial charge on any atom is -0.298 e. The minimum absolute atomic E-state index is 0.191. The smallest absolute Gasteiger partial charge is 0.257 e. The number of rotatable bonds is 6. The van der Waals surface area contributed by atoms with Gasteiger partial charge in [0.2, 0.25) is 10.0 Å². The lowest BCUT2D eigenvalue weighted by Crippen LogP contribution is -2.35. The Bertz CT molecular complexity index is 1570. The van der Waals surface area contributed by atoms with E-state index < -0.39 is 10.0 Å². The number of nitrogens with zero attached hydrogens (tertiary/aromatic N) is 3. The SMILES string of the molecule is O=C(Nc1nc2c(s1)CN(Cc1ccccc1)CC2)c1ccc(S(=O)(=O)N2CCc3ccccc3C2)cc1. The average molecular weight is 545 g/mol. The molecule has 0 atom stereocenters. The van der Waals surface area contributed by atoms with Gasteiger partial charge in [0.25, 0.3) is 5.91 Å². The van der Waals surface area contributed by atoms with Gasteiger partial charge in [-0.15, -0.1) is 11.3 Å². The Hall–Kier alpha value is -3.37. The van der Waals surface area contributed by atoms with E-state index in [0.717, 1.165) is 37.3 Å². The van der Waals surface area contributed by atoms with Crippen LogP contribution >= 0.6 is 11.3 Å². The van der Waals surface area contributed by atoms with Gasteiger partial charge in [-0.25, -0.2) is 13.4 Å². The number of fused-ring (bicyclic) bond motifs is 2. The van der Waals surface area contributed by atoms with Crippen molar-refractivity contribution < 1.29 is 13.2 Å². The van der Waals surface area contributed by atoms with Gasteiger partial charge in [0.15, 0.2) is 5.13 Å². The van der Waals surface area contributed by atoms with E-state index in [4.69, 9.17) is 0 Å². The summed E-state index contributed by atoms with van der Waals surface area (Å²) in [6, 6.07) is 24.5. The standard InChI is InChI=1S/C29H28N4O3S2/c34-28(31-29-30-26-15-16-32(20-27(26)37-29)18-21-6-2-1-3-7-21)23-10-12-25(13-11-23)38(35,36)33-17-14-22-8-4-5-9-24(22)19-33/h1-13H,14-20H2,(H,30,31,34). The third-order valence-electron chi connectivity index (χ3n) is 7.13. The van der Waals surface area contributed by atoms with Crippen molar-refractivity contribution in [1.82, 2.24) is 14.2 Å². The van der Waals surface area contributed by atoms with Gasteiger partial charge in [-0.05, 0) is 47.4 Å². The highest BCUT2D eigenvalue weighted by Crippen LogP contribution is 2.30. The van der Waals surface area contributed by atoms with Crippen LogP contribution in [0.1, 0.15) is 37.6 Å². The van der Waals surface area contributed by atoms with Gasteiger partial charge in [0.1, 0.15) is 0 Å². The third-order valence-corrected chi connectivity index (χ3v) is 9.99. The van der Waals surface area contributed by atoms with Gasteiger partial charge in [-0.3, -0.25) is 15.0 Å². The van der Waals surface area contributed by atoms with Crippen LogP contribution < -0.4 is 5.32 Å². The summed E-state index contributed by atoms with van der Waals surface area (Å²) in [5.74, 6) is -0.298. The maximum atomic E-state index is 13.2. The predicted octanol–water partition coefficient (Wildman–Crippen LogP) is 4.70. The van der Waals surface area contributed by atoms with Gasteiger partial charge < -0.3 is 0 Å². The minimum atomic E-state index is -3.65. The number of amides is 1. The van der Waals surface area contributed by atoms with Crippen LogP contribution in [-0.2, 0) is 42.5 Å². The molecule has 194 valence electrons. The number of benzene rings is 3. The van der Waals surface area contributed by atoms with E-state index in [-0.39, 0.29) is 10.8 Å². The molecule has 0 saturated carbocycles. The zero-order valence-corrected chi connectivity index (χ0v) is 22.5. The van der Waals surface area contributed by atoms with Gasteiger partial charge in [-0.2, -0.15) is 4.31 Å². The second kappa shape index (κ2) is 10.4. The number of hydrogen-bond acceptors (Lipinski definition) is 6. The Morgan fingerprint density at radius 2 is 1.61 bits per heavy atom. The summed E-state index contributed by atoms with van der Waals surface area (Å²) in [4.78, 5) is 21.3. The first-order valence-electron chi connectivity index (χ1n) is 12.7. The molecule has 0 fully saturated rings. The van der Waals surface area contributed by atoms with E-state index >= 15 is 0 Å². The molecule has 0 unspecified atom stereocenters. The molecule has 0 radical (unpaired) electrons. The Kier molecular flexibility index (Phi) is 6.84. The number of anilines is 1. The lowest BCUT2D eigenvalue weighted by molar-refractivity contribution is 0.102. The number of carbonyl (C=O) groups is 1. The zero-order chi connectivity index (χ0) is 26.1. The second-order valence-corrected chi connectivity index (χ2v) is 12.7. The summed E-state index contributed by atoms with van der Waals surface area (Å²) < 4.78 is 28.0. The predicted molar refractivity (Wildman–Crippen MR) is 149 cm³/mol. The van der Waals surface area contributed by atoms with E-state index in [1.807, 2.05) is 30.3 Å². The molecule has 3 heterocycles. The van der Waals surface area contributed by atoms with E-state index in [1.54, 1.807) is 12.1 Å². The number of carbonyl (C=O) groups excluding carboxylic acids is 1. The van der Waals surface area contributed by atoms with E-state index in [2.05, 4.69) is 39.5 Å². The third kappa shape index (κ3) is 5.15. The average Bonchev–Trinajstić information content (AvgIpc) is 3.35. The lowest BCUT2D eigenvalue weighted by Gasteiger charge is -2.28. The first kappa shape index (κ1) is 24.9. The van der Waals surface area contributed by atoms with Crippen molar-refractivity contribution in [2.24, 2.45) is 0 Å². The van der Waals surface area contributed by atoms with Crippen LogP contribution in [0.3, 0.4) is 0 Å². The lowest BCUT2D eigenvalue weighted by atomic mass is 10.0. The van der Waals surface area contributed by atoms with Crippen LogP contribution in [0.2, 0.25) is 0 Å². The van der Waals surface area contributed by atoms with E-state index in [9.17, 15) is 13.2 Å². The van der Waals surface area contributed by atoms with Gasteiger partial charge in [-0.1, -0.05) is 54.6 Å². The maximum absolute atomic E-state index is 13.2. The molecule has 0 spiro atoms. The highest BCUT2D eigenvalue weighted by atomic mass is 32.2. The Labute approximate surface area is 226 Å². The number of aromatic nitrogens is 1. The van der Waals surface area contributed by atoms with Gasteiger partial charge >= 0.3 is 0 Å². The fourth-order valence-electron chi connectivity index (χ4n) is 5.05. The highest BCUT2D eigenvalue weighted by molar-refractivity contribution is 7.89. The number of hydrogen-bond donors (Lipinski definition) is 1. The van der Waals surface area contributed by atoms with Crippen molar-refractivity contribution in [3.8, 4) is 0 Å². The molecule has 0 bridgehead atoms. The first-order chi connectivity index (χ1) is 18.5. The summed E-state index contributed by atoms with van der Waals surface area (Å²) in [5, 5.41) is 3.48. The van der Waals surface area contributed by atoms with Gasteiger partial charge in [0, 0.05) is 49.6 Å². The van der Waals surface area contributed by atoms with Crippen LogP contribution in [0.25, 0.3) is 0 Å². The Morgan fingerprint density at radius 3 is 2.39 bits per heavy atom. The molecule has 9 heteroatoms. The first-order valence-corrected chi connectivity index (χ1v) is 14.9. The molecule has 3 aromatic carbocycles. The normalized spacial score (nSPS) is 16.0. The number of thiazole rings is 1. The molecule has 1 N–H and O–H groups in total. The molecule has 4 aromatic rings. The molecule has 1 aromatic heterocycles. The summed E-state index contributed by atoms with van der Waals surface area (Å²) >= 11 is 1.51. The summed E-state index contributed by atoms with van der Waals surface area (Å²) in [6.07, 6.45) is 1.54. The largest absolute Gasteiger partial charge is 0.298 e. The van der Waals surface area contributed by atoms with Crippen molar-refractivity contribution >= 4 is 32.4 Å². The van der Waals surface area contributed by atoms with Crippen molar-refractivity contribution in [2.45, 2.75) is 37.4 Å². The van der Waals surface area contributed by atoms with E-state index in [1.165, 1.54) is 43.8 Å². The van der Waals surface area contributed by atoms with Crippen molar-refractivity contribution in [3.05, 3.63) is 112 Å². The van der Waals surface area contributed by atoms with Crippen LogP contribution in [0, 0.1) is 0 Å². The fraction of sp³-hybridized carbons (Fsp3) is 0.241. The van der Waals surface area contributed by atoms with Crippen LogP contribution in [0.15, 0.2) is 83.8 Å². The van der Waals surface area contributed by atoms with Crippen molar-refractivity contribution in [3.63, 3.8) is 0 Å². The summed E-state index contributed by atoms with van der Waals surface area (Å²) in [6.45, 7) is 3.43. The Balaban J connectivity index is 1.10. The van der Waals surface area contributed by atoms with E-state index in [0.29, 0.717) is 30.2 Å². The maximum Gasteiger partial charge on any atom is 0.257 e. The fourth-order valence-corrected chi connectivity index (χ4v) is 7.51. The van der Waals surface area contributed by atoms with Crippen molar-refractivity contribution in [2.75, 3.05) is 18.4 Å². The number of nitrogens with one attached hydrogen (secondary N) is 1. The van der Waals surface area contributed by atoms with Crippen molar-refractivity contribution in [1.29, 1.82) is 0 Å². The summed E-state index contributed by atoms with van der Waals surface area (Å²) in [5.41, 5.74) is 4.95. The number of sulfonamides is 1. The second-order valence-electron chi connectivity index (χ2n) is 9.67. The van der Waals surface area contributed by atoms with Crippen LogP contribution in [0.4, 0.5) is 5.13 Å². The topological polar surface area (TPSA) is 82.6 Å². The quantitative estimate of drug-likeness (QED) is 0.381. The summed E-state index contributed by atoms with van der Waals surface area (Å²) in [7, 11) is -3.65. The molecular weight excluding hydrogens is 516 g/mol. The highest BCUT2D eigenvalue weighted by Gasteiger charge is 2.28. The van der Waals surface area contributed by atoms with Crippen LogP contribution in [-0.4, -0.2) is 41.6 Å². The molecule has 6 rings (SSSR count). The molecule has 0 aliphatic carbocycles. The van der Waals surface area contributed by atoms with Crippen LogP contribution in [0.5, 0.6) is 0 Å².